The van der Waals surface area contributed by atoms with Gasteiger partial charge in [-0.3, -0.25) is 4.98 Å². The molecule has 0 unspecified atom stereocenters. The molecule has 0 aromatic carbocycles. The molecule has 6 heteroatoms. The number of alkyl halides is 3. The summed E-state index contributed by atoms with van der Waals surface area (Å²) < 4.78 is 37.8. The molecule has 2 heterocycles. The Morgan fingerprint density at radius 1 is 1.27 bits per heavy atom. The Morgan fingerprint density at radius 2 is 2.07 bits per heavy atom. The summed E-state index contributed by atoms with van der Waals surface area (Å²) in [5.41, 5.74) is -0.459. The quantitative estimate of drug-likeness (QED) is 0.724. The monoisotopic (exact) mass is 212 g/mol. The molecule has 1 radical (unpaired) electrons. The lowest BCUT2D eigenvalue weighted by molar-refractivity contribution is -0.141. The molecule has 0 aliphatic carbocycles. The van der Waals surface area contributed by atoms with Crippen LogP contribution in [0.4, 0.5) is 13.2 Å². The fourth-order valence-corrected chi connectivity index (χ4v) is 1.07. The fourth-order valence-electron chi connectivity index (χ4n) is 1.07. The van der Waals surface area contributed by atoms with Crippen molar-refractivity contribution in [2.75, 3.05) is 0 Å². The van der Waals surface area contributed by atoms with E-state index in [0.29, 0.717) is 5.69 Å². The van der Waals surface area contributed by atoms with Crippen LogP contribution in [0.2, 0.25) is 0 Å². The average molecular weight is 212 g/mol. The van der Waals surface area contributed by atoms with Gasteiger partial charge in [0.1, 0.15) is 0 Å². The number of pyridine rings is 1. The summed E-state index contributed by atoms with van der Waals surface area (Å²) in [4.78, 5) is 3.67. The highest BCUT2D eigenvalue weighted by Gasteiger charge is 2.33. The molecule has 0 aliphatic rings. The van der Waals surface area contributed by atoms with Gasteiger partial charge in [0.15, 0.2) is 5.69 Å². The van der Waals surface area contributed by atoms with Gasteiger partial charge in [0, 0.05) is 6.20 Å². The summed E-state index contributed by atoms with van der Waals surface area (Å²) in [5.74, 6) is 0. The molecular weight excluding hydrogens is 207 g/mol. The summed E-state index contributed by atoms with van der Waals surface area (Å²) >= 11 is 0. The molecule has 0 spiro atoms. The summed E-state index contributed by atoms with van der Waals surface area (Å²) in [6, 6.07) is 3.99. The number of halogens is 3. The van der Waals surface area contributed by atoms with E-state index >= 15 is 0 Å². The first-order valence-corrected chi connectivity index (χ1v) is 4.03. The number of rotatable bonds is 1. The van der Waals surface area contributed by atoms with Crippen LogP contribution in [-0.4, -0.2) is 14.8 Å². The van der Waals surface area contributed by atoms with Gasteiger partial charge in [0.25, 0.3) is 0 Å². The van der Waals surface area contributed by atoms with E-state index in [4.69, 9.17) is 0 Å². The van der Waals surface area contributed by atoms with Gasteiger partial charge in [0.2, 0.25) is 0 Å². The van der Waals surface area contributed by atoms with Crippen molar-refractivity contribution in [3.8, 4) is 5.69 Å². The molecule has 3 nitrogen and oxygen atoms in total. The Kier molecular flexibility index (Phi) is 2.18. The van der Waals surface area contributed by atoms with Crippen molar-refractivity contribution in [2.24, 2.45) is 0 Å². The average Bonchev–Trinajstić information content (AvgIpc) is 2.67. The highest BCUT2D eigenvalue weighted by Crippen LogP contribution is 2.27. The third-order valence-corrected chi connectivity index (χ3v) is 1.74. The lowest BCUT2D eigenvalue weighted by Crippen LogP contribution is -2.07. The molecule has 0 aliphatic heterocycles. The normalized spacial score (nSPS) is 11.7. The molecule has 15 heavy (non-hydrogen) atoms. The Morgan fingerprint density at radius 3 is 2.60 bits per heavy atom. The van der Waals surface area contributed by atoms with Crippen LogP contribution in [0.5, 0.6) is 0 Å². The van der Waals surface area contributed by atoms with E-state index in [1.54, 1.807) is 6.07 Å². The largest absolute Gasteiger partial charge is 0.435 e. The topological polar surface area (TPSA) is 30.7 Å². The van der Waals surface area contributed by atoms with Gasteiger partial charge in [-0.05, 0) is 18.2 Å². The van der Waals surface area contributed by atoms with E-state index in [1.807, 2.05) is 0 Å². The zero-order valence-corrected chi connectivity index (χ0v) is 7.36. The Bertz CT molecular complexity index is 447. The van der Waals surface area contributed by atoms with Gasteiger partial charge in [-0.1, -0.05) is 0 Å². The summed E-state index contributed by atoms with van der Waals surface area (Å²) in [6.07, 6.45) is 0.727. The van der Waals surface area contributed by atoms with E-state index in [0.717, 1.165) is 10.7 Å². The SMILES string of the molecule is FC(F)(F)c1ccn(-c2cc[c]nc2)n1. The summed E-state index contributed by atoms with van der Waals surface area (Å²) in [5, 5.41) is 3.39. The molecule has 77 valence electrons. The minimum Gasteiger partial charge on any atom is -0.252 e. The number of nitrogens with zero attached hydrogens (tertiary/aromatic N) is 3. The molecule has 0 bridgehead atoms. The molecule has 0 fully saturated rings. The predicted octanol–water partition coefficient (Wildman–Crippen LogP) is 2.09. The van der Waals surface area contributed by atoms with E-state index in [9.17, 15) is 13.2 Å². The first-order chi connectivity index (χ1) is 7.07. The van der Waals surface area contributed by atoms with Crippen LogP contribution < -0.4 is 0 Å². The number of hydrogen-bond donors (Lipinski definition) is 0. The van der Waals surface area contributed by atoms with Crippen molar-refractivity contribution in [3.63, 3.8) is 0 Å². The highest BCUT2D eigenvalue weighted by atomic mass is 19.4. The van der Waals surface area contributed by atoms with Gasteiger partial charge in [0.05, 0.1) is 18.1 Å². The van der Waals surface area contributed by atoms with Crippen molar-refractivity contribution in [3.05, 3.63) is 42.5 Å². The summed E-state index contributed by atoms with van der Waals surface area (Å²) in [7, 11) is 0. The van der Waals surface area contributed by atoms with Gasteiger partial charge < -0.3 is 0 Å². The molecule has 0 atom stereocenters. The molecule has 0 saturated carbocycles. The maximum atomic E-state index is 12.2. The van der Waals surface area contributed by atoms with Crippen LogP contribution in [0, 0.1) is 6.20 Å². The molecule has 2 rings (SSSR count). The standard InChI is InChI=1S/C9H5F3N3/c10-9(11,12)8-3-5-15(14-8)7-2-1-4-13-6-7/h1-3,5-6H. The molecule has 0 saturated heterocycles. The van der Waals surface area contributed by atoms with Gasteiger partial charge in [-0.15, -0.1) is 0 Å². The first kappa shape index (κ1) is 9.70. The number of hydrogen-bond acceptors (Lipinski definition) is 2. The van der Waals surface area contributed by atoms with Crippen molar-refractivity contribution < 1.29 is 13.2 Å². The second kappa shape index (κ2) is 3.38. The Hall–Kier alpha value is -1.85. The minimum absolute atomic E-state index is 0.462. The molecule has 2 aromatic rings. The highest BCUT2D eigenvalue weighted by molar-refractivity contribution is 5.26. The molecule has 0 N–H and O–H groups in total. The predicted molar refractivity (Wildman–Crippen MR) is 45.2 cm³/mol. The van der Waals surface area contributed by atoms with Gasteiger partial charge >= 0.3 is 6.18 Å². The molecule has 0 amide bonds. The van der Waals surface area contributed by atoms with E-state index in [1.165, 1.54) is 18.5 Å². The van der Waals surface area contributed by atoms with E-state index in [-0.39, 0.29) is 0 Å². The van der Waals surface area contributed by atoms with E-state index < -0.39 is 11.9 Å². The fraction of sp³-hybridized carbons (Fsp3) is 0.111. The Balaban J connectivity index is 2.37. The second-order valence-corrected chi connectivity index (χ2v) is 2.79. The third-order valence-electron chi connectivity index (χ3n) is 1.74. The van der Waals surface area contributed by atoms with Crippen LogP contribution in [-0.2, 0) is 6.18 Å². The first-order valence-electron chi connectivity index (χ1n) is 4.03. The van der Waals surface area contributed by atoms with Crippen molar-refractivity contribution in [1.29, 1.82) is 0 Å². The van der Waals surface area contributed by atoms with Gasteiger partial charge in [-0.25, -0.2) is 4.68 Å². The lowest BCUT2D eigenvalue weighted by atomic mass is 10.4. The van der Waals surface area contributed by atoms with Crippen LogP contribution in [0.1, 0.15) is 5.69 Å². The lowest BCUT2D eigenvalue weighted by Gasteiger charge is -2.01. The molecule has 2 aromatic heterocycles. The van der Waals surface area contributed by atoms with Crippen LogP contribution >= 0.6 is 0 Å². The van der Waals surface area contributed by atoms with Gasteiger partial charge in [-0.2, -0.15) is 18.3 Å². The van der Waals surface area contributed by atoms with Crippen molar-refractivity contribution >= 4 is 0 Å². The second-order valence-electron chi connectivity index (χ2n) is 2.79. The molecular formula is C9H5F3N3. The summed E-state index contributed by atoms with van der Waals surface area (Å²) in [6.45, 7) is 0. The van der Waals surface area contributed by atoms with E-state index in [2.05, 4.69) is 16.3 Å². The zero-order valence-electron chi connectivity index (χ0n) is 7.36. The van der Waals surface area contributed by atoms with Crippen LogP contribution in [0.15, 0.2) is 30.6 Å². The smallest absolute Gasteiger partial charge is 0.252 e. The van der Waals surface area contributed by atoms with Crippen molar-refractivity contribution in [2.45, 2.75) is 6.18 Å². The zero-order chi connectivity index (χ0) is 10.9. The number of aromatic nitrogens is 3. The third kappa shape index (κ3) is 1.98. The minimum atomic E-state index is -4.42. The van der Waals surface area contributed by atoms with Crippen molar-refractivity contribution in [1.82, 2.24) is 14.8 Å². The maximum Gasteiger partial charge on any atom is 0.435 e. The maximum absolute atomic E-state index is 12.2. The Labute approximate surface area is 83.2 Å². The van der Waals surface area contributed by atoms with Crippen LogP contribution in [0.25, 0.3) is 5.69 Å². The van der Waals surface area contributed by atoms with Crippen LogP contribution in [0.3, 0.4) is 0 Å².